The van der Waals surface area contributed by atoms with Gasteiger partial charge in [-0.25, -0.2) is 0 Å². The van der Waals surface area contributed by atoms with Gasteiger partial charge in [0.25, 0.3) is 11.2 Å². The summed E-state index contributed by atoms with van der Waals surface area (Å²) in [6, 6.07) is 10.4. The molecule has 0 saturated carbocycles. The van der Waals surface area contributed by atoms with Crippen LogP contribution in [-0.2, 0) is 13.2 Å². The quantitative estimate of drug-likeness (QED) is 0.381. The van der Waals surface area contributed by atoms with Crippen molar-refractivity contribution in [2.24, 2.45) is 0 Å². The number of para-hydroxylation sites is 1. The van der Waals surface area contributed by atoms with E-state index >= 15 is 0 Å². The Morgan fingerprint density at radius 3 is 2.62 bits per heavy atom. The number of benzene rings is 2. The zero-order valence-electron chi connectivity index (χ0n) is 16.2. The van der Waals surface area contributed by atoms with Crippen LogP contribution in [0, 0.1) is 24.0 Å². The highest BCUT2D eigenvalue weighted by Crippen LogP contribution is 2.31. The molecule has 0 radical (unpaired) electrons. The maximum absolute atomic E-state index is 12.7. The second kappa shape index (κ2) is 7.01. The van der Waals surface area contributed by atoms with Crippen molar-refractivity contribution in [2.75, 3.05) is 0 Å². The number of nitrogens with zero attached hydrogens (tertiary/aromatic N) is 5. The number of fused-ring (bicyclic) bond motifs is 3. The minimum atomic E-state index is -0.429. The Balaban J connectivity index is 1.83. The molecule has 2 aromatic carbocycles. The highest BCUT2D eigenvalue weighted by molar-refractivity contribution is 5.80. The molecular formula is C20H19N5O4. The summed E-state index contributed by atoms with van der Waals surface area (Å²) in [5, 5.41) is 20.2. The van der Waals surface area contributed by atoms with Crippen LogP contribution in [0.4, 0.5) is 5.69 Å². The first-order valence-electron chi connectivity index (χ1n) is 9.17. The van der Waals surface area contributed by atoms with Gasteiger partial charge in [0.1, 0.15) is 12.4 Å². The van der Waals surface area contributed by atoms with Crippen molar-refractivity contribution in [1.29, 1.82) is 0 Å². The first-order valence-corrected chi connectivity index (χ1v) is 9.17. The summed E-state index contributed by atoms with van der Waals surface area (Å²) in [6.45, 7) is 5.87. The smallest absolute Gasteiger partial charge is 0.276 e. The molecule has 0 spiro atoms. The number of rotatable bonds is 5. The highest BCUT2D eigenvalue weighted by Gasteiger charge is 2.19. The molecule has 9 nitrogen and oxygen atoms in total. The van der Waals surface area contributed by atoms with E-state index in [2.05, 4.69) is 10.2 Å². The van der Waals surface area contributed by atoms with E-state index in [0.29, 0.717) is 40.4 Å². The Kier molecular flexibility index (Phi) is 4.50. The van der Waals surface area contributed by atoms with Crippen molar-refractivity contribution in [3.8, 4) is 5.75 Å². The third kappa shape index (κ3) is 2.91. The predicted molar refractivity (Wildman–Crippen MR) is 107 cm³/mol. The molecular weight excluding hydrogens is 374 g/mol. The fourth-order valence-electron chi connectivity index (χ4n) is 3.57. The van der Waals surface area contributed by atoms with E-state index in [9.17, 15) is 14.9 Å². The Bertz CT molecular complexity index is 1320. The Labute approximate surface area is 165 Å². The molecule has 0 amide bonds. The molecule has 0 aliphatic carbocycles. The highest BCUT2D eigenvalue weighted by atomic mass is 16.6. The van der Waals surface area contributed by atoms with Gasteiger partial charge in [-0.05, 0) is 44.5 Å². The summed E-state index contributed by atoms with van der Waals surface area (Å²) in [5.74, 6) is 1.38. The molecule has 0 unspecified atom stereocenters. The molecule has 0 bridgehead atoms. The third-order valence-electron chi connectivity index (χ3n) is 5.01. The van der Waals surface area contributed by atoms with Crippen molar-refractivity contribution >= 4 is 22.4 Å². The molecule has 2 aromatic heterocycles. The molecule has 0 atom stereocenters. The first kappa shape index (κ1) is 18.6. The number of ether oxygens (including phenoxy) is 1. The topological polar surface area (TPSA) is 105 Å². The number of nitro benzene ring substituents is 1. The van der Waals surface area contributed by atoms with E-state index in [4.69, 9.17) is 4.74 Å². The standard InChI is InChI=1S/C20H19N5O4/c1-4-23-19(26)14-7-5-6-8-16(14)24-17(21-22-20(23)24)11-29-18-12(2)9-10-15(13(18)3)25(27)28/h5-10H,4,11H2,1-3H3. The average Bonchev–Trinajstić information content (AvgIpc) is 3.12. The van der Waals surface area contributed by atoms with Gasteiger partial charge >= 0.3 is 0 Å². The maximum atomic E-state index is 12.7. The fourth-order valence-corrected chi connectivity index (χ4v) is 3.57. The molecule has 29 heavy (non-hydrogen) atoms. The van der Waals surface area contributed by atoms with Gasteiger partial charge in [-0.15, -0.1) is 10.2 Å². The molecule has 4 aromatic rings. The Morgan fingerprint density at radius 2 is 1.90 bits per heavy atom. The van der Waals surface area contributed by atoms with Gasteiger partial charge in [-0.1, -0.05) is 12.1 Å². The van der Waals surface area contributed by atoms with Gasteiger partial charge in [-0.3, -0.25) is 23.9 Å². The summed E-state index contributed by atoms with van der Waals surface area (Å²) in [6.07, 6.45) is 0. The molecule has 0 fully saturated rings. The molecule has 148 valence electrons. The lowest BCUT2D eigenvalue weighted by Crippen LogP contribution is -2.22. The summed E-state index contributed by atoms with van der Waals surface area (Å²) in [4.78, 5) is 23.5. The first-order chi connectivity index (χ1) is 13.9. The Morgan fingerprint density at radius 1 is 1.14 bits per heavy atom. The van der Waals surface area contributed by atoms with Gasteiger partial charge in [0.15, 0.2) is 5.82 Å². The van der Waals surface area contributed by atoms with Gasteiger partial charge in [0, 0.05) is 12.6 Å². The molecule has 2 heterocycles. The number of aryl methyl sites for hydroxylation is 2. The number of hydrogen-bond donors (Lipinski definition) is 0. The zero-order chi connectivity index (χ0) is 20.7. The van der Waals surface area contributed by atoms with Crippen molar-refractivity contribution in [1.82, 2.24) is 19.2 Å². The largest absolute Gasteiger partial charge is 0.485 e. The van der Waals surface area contributed by atoms with Crippen molar-refractivity contribution < 1.29 is 9.66 Å². The van der Waals surface area contributed by atoms with Crippen molar-refractivity contribution in [3.63, 3.8) is 0 Å². The molecule has 0 N–H and O–H groups in total. The lowest BCUT2D eigenvalue weighted by Gasteiger charge is -2.13. The van der Waals surface area contributed by atoms with Crippen LogP contribution in [0.2, 0.25) is 0 Å². The monoisotopic (exact) mass is 393 g/mol. The molecule has 0 aliphatic heterocycles. The van der Waals surface area contributed by atoms with Crippen LogP contribution in [0.25, 0.3) is 16.7 Å². The van der Waals surface area contributed by atoms with Crippen LogP contribution in [0.3, 0.4) is 0 Å². The molecule has 0 saturated heterocycles. The summed E-state index contributed by atoms with van der Waals surface area (Å²) in [7, 11) is 0. The van der Waals surface area contributed by atoms with Gasteiger partial charge in [-0.2, -0.15) is 0 Å². The minimum Gasteiger partial charge on any atom is -0.485 e. The van der Waals surface area contributed by atoms with Gasteiger partial charge in [0.2, 0.25) is 5.78 Å². The summed E-state index contributed by atoms with van der Waals surface area (Å²) >= 11 is 0. The fraction of sp³-hybridized carbons (Fsp3) is 0.250. The summed E-state index contributed by atoms with van der Waals surface area (Å²) < 4.78 is 9.30. The van der Waals surface area contributed by atoms with Crippen LogP contribution in [0.15, 0.2) is 41.2 Å². The van der Waals surface area contributed by atoms with E-state index in [1.807, 2.05) is 32.0 Å². The van der Waals surface area contributed by atoms with E-state index < -0.39 is 4.92 Å². The second-order valence-electron chi connectivity index (χ2n) is 6.72. The third-order valence-corrected chi connectivity index (χ3v) is 5.01. The van der Waals surface area contributed by atoms with Crippen LogP contribution < -0.4 is 10.3 Å². The van der Waals surface area contributed by atoms with E-state index in [-0.39, 0.29) is 17.9 Å². The second-order valence-corrected chi connectivity index (χ2v) is 6.72. The van der Waals surface area contributed by atoms with Crippen LogP contribution in [-0.4, -0.2) is 24.1 Å². The van der Waals surface area contributed by atoms with E-state index in [1.165, 1.54) is 6.07 Å². The lowest BCUT2D eigenvalue weighted by atomic mass is 10.1. The molecule has 4 rings (SSSR count). The van der Waals surface area contributed by atoms with Crippen molar-refractivity contribution in [2.45, 2.75) is 33.9 Å². The van der Waals surface area contributed by atoms with Crippen LogP contribution >= 0.6 is 0 Å². The van der Waals surface area contributed by atoms with Gasteiger partial charge < -0.3 is 4.74 Å². The molecule has 9 heteroatoms. The van der Waals surface area contributed by atoms with Crippen molar-refractivity contribution in [3.05, 3.63) is 73.8 Å². The predicted octanol–water partition coefficient (Wildman–Crippen LogP) is 3.17. The molecule has 0 aliphatic rings. The van der Waals surface area contributed by atoms with E-state index in [0.717, 1.165) is 5.56 Å². The number of hydrogen-bond acceptors (Lipinski definition) is 6. The SMILES string of the molecule is CCn1c(=O)c2ccccc2n2c(COc3c(C)ccc([N+](=O)[O-])c3C)nnc12. The number of nitro groups is 1. The maximum Gasteiger partial charge on any atom is 0.276 e. The van der Waals surface area contributed by atoms with Crippen LogP contribution in [0.1, 0.15) is 23.9 Å². The van der Waals surface area contributed by atoms with Crippen LogP contribution in [0.5, 0.6) is 5.75 Å². The number of aromatic nitrogens is 4. The van der Waals surface area contributed by atoms with E-state index in [1.54, 1.807) is 28.0 Å². The normalized spacial score (nSPS) is 11.3. The average molecular weight is 393 g/mol. The Hall–Kier alpha value is -3.75. The zero-order valence-corrected chi connectivity index (χ0v) is 16.2. The lowest BCUT2D eigenvalue weighted by molar-refractivity contribution is -0.385. The minimum absolute atomic E-state index is 0.00183. The van der Waals surface area contributed by atoms with Gasteiger partial charge in [0.05, 0.1) is 21.4 Å². The summed E-state index contributed by atoms with van der Waals surface area (Å²) in [5.41, 5.74) is 1.81.